The smallest absolute Gasteiger partial charge is 0.408 e. The predicted molar refractivity (Wildman–Crippen MR) is 140 cm³/mol. The highest BCUT2D eigenvalue weighted by molar-refractivity contribution is 7.80. The zero-order chi connectivity index (χ0) is 26.1. The van der Waals surface area contributed by atoms with Gasteiger partial charge in [0.2, 0.25) is 11.8 Å². The van der Waals surface area contributed by atoms with Crippen molar-refractivity contribution in [1.29, 1.82) is 0 Å². The number of alkyl carbamates (subject to hydrolysis) is 1. The number of nitrogens with zero attached hydrogens (tertiary/aromatic N) is 1. The molecular weight excluding hydrogens is 450 g/mol. The molecule has 3 atom stereocenters. The van der Waals surface area contributed by atoms with Gasteiger partial charge in [0, 0.05) is 18.3 Å². The third-order valence-corrected chi connectivity index (χ3v) is 5.38. The zero-order valence-corrected chi connectivity index (χ0v) is 22.5. The fourth-order valence-electron chi connectivity index (χ4n) is 3.76. The number of carbonyl (C=O) groups is 3. The molecule has 0 aliphatic carbocycles. The summed E-state index contributed by atoms with van der Waals surface area (Å²) in [5.74, 6) is -0.682. The van der Waals surface area contributed by atoms with Crippen molar-refractivity contribution >= 4 is 30.5 Å². The fourth-order valence-corrected chi connectivity index (χ4v) is 4.01. The van der Waals surface area contributed by atoms with E-state index in [0.717, 1.165) is 24.0 Å². The maximum atomic E-state index is 13.6. The van der Waals surface area contributed by atoms with Gasteiger partial charge in [-0.25, -0.2) is 4.79 Å². The fraction of sp³-hybridized carbons (Fsp3) is 0.577. The van der Waals surface area contributed by atoms with E-state index in [-0.39, 0.29) is 24.2 Å². The summed E-state index contributed by atoms with van der Waals surface area (Å²) in [6, 6.07) is 3.90. The van der Waals surface area contributed by atoms with Crippen LogP contribution in [0.15, 0.2) is 30.9 Å². The van der Waals surface area contributed by atoms with E-state index < -0.39 is 29.7 Å². The molecule has 190 valence electrons. The Balaban J connectivity index is 3.40. The van der Waals surface area contributed by atoms with Crippen LogP contribution in [0.3, 0.4) is 0 Å². The lowest BCUT2D eigenvalue weighted by Crippen LogP contribution is -2.54. The first-order valence-electron chi connectivity index (χ1n) is 11.7. The number of hydrogen-bond acceptors (Lipinski definition) is 5. The van der Waals surface area contributed by atoms with Crippen molar-refractivity contribution in [2.45, 2.75) is 85.0 Å². The molecule has 0 aliphatic heterocycles. The van der Waals surface area contributed by atoms with Crippen LogP contribution in [0, 0.1) is 13.8 Å². The molecule has 0 aromatic heterocycles. The Morgan fingerprint density at radius 2 is 1.74 bits per heavy atom. The molecule has 0 saturated heterocycles. The van der Waals surface area contributed by atoms with E-state index in [1.165, 1.54) is 4.90 Å². The largest absolute Gasteiger partial charge is 0.444 e. The van der Waals surface area contributed by atoms with Gasteiger partial charge >= 0.3 is 6.09 Å². The Bertz CT molecular complexity index is 846. The van der Waals surface area contributed by atoms with Gasteiger partial charge in [-0.2, -0.15) is 12.6 Å². The second-order valence-electron chi connectivity index (χ2n) is 9.68. The van der Waals surface area contributed by atoms with Gasteiger partial charge in [-0.15, -0.1) is 6.58 Å². The van der Waals surface area contributed by atoms with Gasteiger partial charge in [0.1, 0.15) is 17.7 Å². The van der Waals surface area contributed by atoms with Gasteiger partial charge in [0.15, 0.2) is 0 Å². The molecule has 8 heteroatoms. The highest BCUT2D eigenvalue weighted by Gasteiger charge is 2.35. The van der Waals surface area contributed by atoms with Crippen molar-refractivity contribution in [2.75, 3.05) is 12.3 Å². The van der Waals surface area contributed by atoms with Crippen LogP contribution < -0.4 is 10.6 Å². The molecule has 3 unspecified atom stereocenters. The Hall–Kier alpha value is -2.48. The van der Waals surface area contributed by atoms with E-state index in [0.29, 0.717) is 5.56 Å². The molecule has 7 nitrogen and oxygen atoms in total. The Morgan fingerprint density at radius 1 is 1.15 bits per heavy atom. The van der Waals surface area contributed by atoms with Gasteiger partial charge in [-0.1, -0.05) is 48.7 Å². The minimum atomic E-state index is -0.979. The number of carbonyl (C=O) groups excluding carboxylic acids is 3. The second kappa shape index (κ2) is 13.4. The van der Waals surface area contributed by atoms with E-state index in [1.54, 1.807) is 26.8 Å². The molecule has 2 N–H and O–H groups in total. The maximum Gasteiger partial charge on any atom is 0.408 e. The number of rotatable bonds is 11. The van der Waals surface area contributed by atoms with E-state index in [1.807, 2.05) is 39.0 Å². The van der Waals surface area contributed by atoms with E-state index in [2.05, 4.69) is 36.8 Å². The quantitative estimate of drug-likeness (QED) is 0.314. The molecule has 0 radical (unpaired) electrons. The summed E-state index contributed by atoms with van der Waals surface area (Å²) < 4.78 is 5.31. The van der Waals surface area contributed by atoms with Crippen molar-refractivity contribution in [3.05, 3.63) is 47.5 Å². The van der Waals surface area contributed by atoms with Crippen LogP contribution in [0.1, 0.15) is 70.2 Å². The average Bonchev–Trinajstić information content (AvgIpc) is 2.69. The van der Waals surface area contributed by atoms with Crippen LogP contribution in [-0.4, -0.2) is 52.8 Å². The number of benzene rings is 1. The van der Waals surface area contributed by atoms with Crippen molar-refractivity contribution in [2.24, 2.45) is 0 Å². The van der Waals surface area contributed by atoms with Gasteiger partial charge in [0.05, 0.1) is 0 Å². The number of ether oxygens (including phenoxy) is 1. The van der Waals surface area contributed by atoms with E-state index >= 15 is 0 Å². The lowest BCUT2D eigenvalue weighted by atomic mass is 9.98. The number of thiol groups is 1. The zero-order valence-electron chi connectivity index (χ0n) is 21.6. The molecule has 3 amide bonds. The molecule has 0 spiro atoms. The minimum Gasteiger partial charge on any atom is -0.444 e. The number of aryl methyl sites for hydroxylation is 2. The third-order valence-electron chi connectivity index (χ3n) is 5.01. The van der Waals surface area contributed by atoms with Crippen LogP contribution in [-0.2, 0) is 14.3 Å². The standard InChI is InChI=1S/C26H41N3O4S/c1-9-11-19(5)27-23(30)22(20-14-17(3)13-18(4)15-20)29(12-10-2)24(31)21(16-34)28-25(32)33-26(6,7)8/h10,13-15,19,21-22,34H,2,9,11-12,16H2,1,3-8H3,(H,27,30)(H,28,32). The normalized spacial score (nSPS) is 13.9. The molecule has 0 heterocycles. The molecular formula is C26H41N3O4S. The first-order valence-corrected chi connectivity index (χ1v) is 12.4. The lowest BCUT2D eigenvalue weighted by Gasteiger charge is -2.34. The molecule has 0 aliphatic rings. The summed E-state index contributed by atoms with van der Waals surface area (Å²) in [6.07, 6.45) is 2.59. The molecule has 1 rings (SSSR count). The van der Waals surface area contributed by atoms with E-state index in [9.17, 15) is 14.4 Å². The van der Waals surface area contributed by atoms with Crippen molar-refractivity contribution in [3.8, 4) is 0 Å². The molecule has 34 heavy (non-hydrogen) atoms. The molecule has 0 fully saturated rings. The number of hydrogen-bond donors (Lipinski definition) is 3. The van der Waals surface area contributed by atoms with Gasteiger partial charge < -0.3 is 20.3 Å². The van der Waals surface area contributed by atoms with Crippen LogP contribution in [0.2, 0.25) is 0 Å². The summed E-state index contributed by atoms with van der Waals surface area (Å²) in [5, 5.41) is 5.64. The topological polar surface area (TPSA) is 87.7 Å². The third kappa shape index (κ3) is 9.41. The maximum absolute atomic E-state index is 13.6. The van der Waals surface area contributed by atoms with Crippen molar-refractivity contribution < 1.29 is 19.1 Å². The highest BCUT2D eigenvalue weighted by atomic mass is 32.1. The summed E-state index contributed by atoms with van der Waals surface area (Å²) in [4.78, 5) is 41.0. The average molecular weight is 492 g/mol. The minimum absolute atomic E-state index is 0.0408. The molecule has 1 aromatic rings. The first kappa shape index (κ1) is 29.6. The molecule has 1 aromatic carbocycles. The number of nitrogens with one attached hydrogen (secondary N) is 2. The Morgan fingerprint density at radius 3 is 2.21 bits per heavy atom. The van der Waals surface area contributed by atoms with Crippen LogP contribution in [0.4, 0.5) is 4.79 Å². The predicted octanol–water partition coefficient (Wildman–Crippen LogP) is 4.49. The van der Waals surface area contributed by atoms with Crippen molar-refractivity contribution in [1.82, 2.24) is 15.5 Å². The summed E-state index contributed by atoms with van der Waals surface area (Å²) >= 11 is 4.28. The molecule has 0 saturated carbocycles. The van der Waals surface area contributed by atoms with Gasteiger partial charge in [0.25, 0.3) is 0 Å². The Labute approximate surface area is 210 Å². The van der Waals surface area contributed by atoms with Crippen molar-refractivity contribution in [3.63, 3.8) is 0 Å². The lowest BCUT2D eigenvalue weighted by molar-refractivity contribution is -0.141. The van der Waals surface area contributed by atoms with E-state index in [4.69, 9.17) is 4.74 Å². The van der Waals surface area contributed by atoms with Crippen LogP contribution in [0.25, 0.3) is 0 Å². The summed E-state index contributed by atoms with van der Waals surface area (Å²) in [7, 11) is 0. The number of amides is 3. The first-order chi connectivity index (χ1) is 15.8. The van der Waals surface area contributed by atoms with Crippen LogP contribution in [0.5, 0.6) is 0 Å². The Kier molecular flexibility index (Phi) is 11.7. The van der Waals surface area contributed by atoms with Gasteiger partial charge in [-0.3, -0.25) is 9.59 Å². The summed E-state index contributed by atoms with van der Waals surface area (Å²) in [5.41, 5.74) is 1.95. The highest BCUT2D eigenvalue weighted by Crippen LogP contribution is 2.25. The molecule has 0 bridgehead atoms. The SMILES string of the molecule is C=CCN(C(=O)C(CS)NC(=O)OC(C)(C)C)C(C(=O)NC(C)CCC)c1cc(C)cc(C)c1. The van der Waals surface area contributed by atoms with Crippen LogP contribution >= 0.6 is 12.6 Å². The second-order valence-corrected chi connectivity index (χ2v) is 10.0. The monoisotopic (exact) mass is 491 g/mol. The summed E-state index contributed by atoms with van der Waals surface area (Å²) in [6.45, 7) is 17.0. The van der Waals surface area contributed by atoms with Gasteiger partial charge in [-0.05, 0) is 53.5 Å².